The number of aliphatic carboxylic acids is 1. The number of Topliss-reactive ketones (excluding diaryl/α,β-unsaturated/α-hetero) is 1. The summed E-state index contributed by atoms with van der Waals surface area (Å²) in [6.45, 7) is 4.52. The molecule has 2 aromatic carbocycles. The van der Waals surface area contributed by atoms with Crippen molar-refractivity contribution >= 4 is 23.4 Å². The van der Waals surface area contributed by atoms with E-state index in [1.54, 1.807) is 24.3 Å². The predicted octanol–water partition coefficient (Wildman–Crippen LogP) is 4.28. The Balaban J connectivity index is 1.99. The van der Waals surface area contributed by atoms with Gasteiger partial charge in [0, 0.05) is 23.6 Å². The highest BCUT2D eigenvalue weighted by atomic mass is 35.5. The number of carboxylic acid groups (broad SMARTS) is 1. The molecule has 0 aliphatic heterocycles. The van der Waals surface area contributed by atoms with Crippen molar-refractivity contribution in [2.75, 3.05) is 0 Å². The average molecular weight is 360 g/mol. The lowest BCUT2D eigenvalue weighted by Crippen LogP contribution is -2.38. The zero-order valence-corrected chi connectivity index (χ0v) is 15.1. The fourth-order valence-corrected chi connectivity index (χ4v) is 2.57. The van der Waals surface area contributed by atoms with Crippen LogP contribution in [0.4, 0.5) is 0 Å². The number of carbonyl (C=O) groups is 2. The highest BCUT2D eigenvalue weighted by molar-refractivity contribution is 6.30. The minimum Gasteiger partial charge on any atom is -0.480 e. The van der Waals surface area contributed by atoms with Crippen LogP contribution in [0.1, 0.15) is 47.7 Å². The quantitative estimate of drug-likeness (QED) is 0.690. The Morgan fingerprint density at radius 2 is 1.64 bits per heavy atom. The summed E-state index contributed by atoms with van der Waals surface area (Å²) in [7, 11) is 0. The first kappa shape index (κ1) is 19.2. The highest BCUT2D eigenvalue weighted by Crippen LogP contribution is 2.16. The smallest absolute Gasteiger partial charge is 0.321 e. The summed E-state index contributed by atoms with van der Waals surface area (Å²) in [4.78, 5) is 23.8. The molecule has 0 radical (unpaired) electrons. The molecule has 2 aromatic rings. The molecule has 0 spiro atoms. The van der Waals surface area contributed by atoms with Crippen molar-refractivity contribution in [1.29, 1.82) is 0 Å². The van der Waals surface area contributed by atoms with Crippen LogP contribution in [0, 0.1) is 0 Å². The number of hydrogen-bond acceptors (Lipinski definition) is 3. The van der Waals surface area contributed by atoms with Gasteiger partial charge in [0.25, 0.3) is 0 Å². The monoisotopic (exact) mass is 359 g/mol. The van der Waals surface area contributed by atoms with Crippen LogP contribution in [0.3, 0.4) is 0 Å². The molecule has 0 aromatic heterocycles. The standard InChI is InChI=1S/C20H22ClNO3/c1-13(2)15-5-7-16(8-6-15)19(23)11-18(20(24)25)22-12-14-3-9-17(21)10-4-14/h3-10,13,18,22H,11-12H2,1-2H3,(H,24,25)/t18-/m1/s1. The molecule has 0 aliphatic rings. The fraction of sp³-hybridized carbons (Fsp3) is 0.300. The van der Waals surface area contributed by atoms with Gasteiger partial charge in [-0.2, -0.15) is 0 Å². The Morgan fingerprint density at radius 1 is 1.04 bits per heavy atom. The predicted molar refractivity (Wildman–Crippen MR) is 99.2 cm³/mol. The minimum absolute atomic E-state index is 0.0933. The van der Waals surface area contributed by atoms with E-state index < -0.39 is 12.0 Å². The Kier molecular flexibility index (Phi) is 6.73. The number of nitrogens with one attached hydrogen (secondary N) is 1. The molecular weight excluding hydrogens is 338 g/mol. The van der Waals surface area contributed by atoms with Crippen molar-refractivity contribution in [2.24, 2.45) is 0 Å². The Labute approximate surface area is 152 Å². The molecule has 25 heavy (non-hydrogen) atoms. The van der Waals surface area contributed by atoms with Crippen LogP contribution in [0.5, 0.6) is 0 Å². The third kappa shape index (κ3) is 5.69. The Morgan fingerprint density at radius 3 is 2.16 bits per heavy atom. The second-order valence-corrected chi connectivity index (χ2v) is 6.74. The van der Waals surface area contributed by atoms with E-state index in [1.165, 1.54) is 0 Å². The number of hydrogen-bond donors (Lipinski definition) is 2. The van der Waals surface area contributed by atoms with Gasteiger partial charge in [0.05, 0.1) is 0 Å². The third-order valence-electron chi connectivity index (χ3n) is 4.05. The summed E-state index contributed by atoms with van der Waals surface area (Å²) in [6.07, 6.45) is -0.0933. The number of rotatable bonds is 8. The van der Waals surface area contributed by atoms with E-state index in [9.17, 15) is 14.7 Å². The lowest BCUT2D eigenvalue weighted by molar-refractivity contribution is -0.139. The molecule has 0 heterocycles. The number of halogens is 1. The van der Waals surface area contributed by atoms with E-state index >= 15 is 0 Å². The summed E-state index contributed by atoms with van der Waals surface area (Å²) in [5.74, 6) is -0.843. The minimum atomic E-state index is -1.04. The SMILES string of the molecule is CC(C)c1ccc(C(=O)C[C@@H](NCc2ccc(Cl)cc2)C(=O)O)cc1. The van der Waals surface area contributed by atoms with Gasteiger partial charge in [-0.25, -0.2) is 0 Å². The van der Waals surface area contributed by atoms with Gasteiger partial charge in [0.1, 0.15) is 6.04 Å². The molecule has 4 nitrogen and oxygen atoms in total. The van der Waals surface area contributed by atoms with E-state index in [1.807, 2.05) is 24.3 Å². The summed E-state index contributed by atoms with van der Waals surface area (Å²) < 4.78 is 0. The maximum atomic E-state index is 12.4. The summed E-state index contributed by atoms with van der Waals surface area (Å²) in [5.41, 5.74) is 2.58. The van der Waals surface area contributed by atoms with Crippen LogP contribution in [0.25, 0.3) is 0 Å². The number of carboxylic acids is 1. The molecule has 2 rings (SSSR count). The molecule has 5 heteroatoms. The van der Waals surface area contributed by atoms with Gasteiger partial charge in [-0.3, -0.25) is 14.9 Å². The highest BCUT2D eigenvalue weighted by Gasteiger charge is 2.21. The number of benzene rings is 2. The molecule has 2 N–H and O–H groups in total. The Hall–Kier alpha value is -2.17. The molecule has 0 aliphatic carbocycles. The molecule has 0 saturated heterocycles. The largest absolute Gasteiger partial charge is 0.480 e. The van der Waals surface area contributed by atoms with E-state index in [0.29, 0.717) is 23.0 Å². The Bertz CT molecular complexity index is 724. The molecular formula is C20H22ClNO3. The lowest BCUT2D eigenvalue weighted by atomic mass is 9.98. The number of ketones is 1. The van der Waals surface area contributed by atoms with Gasteiger partial charge in [-0.05, 0) is 29.2 Å². The van der Waals surface area contributed by atoms with Gasteiger partial charge in [0.2, 0.25) is 0 Å². The molecule has 132 valence electrons. The van der Waals surface area contributed by atoms with Gasteiger partial charge in [-0.15, -0.1) is 0 Å². The summed E-state index contributed by atoms with van der Waals surface area (Å²) in [5, 5.41) is 12.9. The molecule has 0 fully saturated rings. The molecule has 1 atom stereocenters. The van der Waals surface area contributed by atoms with Crippen molar-refractivity contribution < 1.29 is 14.7 Å². The van der Waals surface area contributed by atoms with Gasteiger partial charge >= 0.3 is 5.97 Å². The number of carbonyl (C=O) groups excluding carboxylic acids is 1. The van der Waals surface area contributed by atoms with Crippen LogP contribution in [0.15, 0.2) is 48.5 Å². The molecule has 0 saturated carbocycles. The first-order valence-electron chi connectivity index (χ1n) is 8.20. The lowest BCUT2D eigenvalue weighted by Gasteiger charge is -2.14. The van der Waals surface area contributed by atoms with Crippen molar-refractivity contribution in [3.8, 4) is 0 Å². The van der Waals surface area contributed by atoms with Crippen LogP contribution >= 0.6 is 11.6 Å². The van der Waals surface area contributed by atoms with Crippen LogP contribution < -0.4 is 5.32 Å². The van der Waals surface area contributed by atoms with E-state index in [4.69, 9.17) is 11.6 Å². The summed E-state index contributed by atoms with van der Waals surface area (Å²) in [6, 6.07) is 13.5. The van der Waals surface area contributed by atoms with Crippen molar-refractivity contribution in [1.82, 2.24) is 5.32 Å². The second-order valence-electron chi connectivity index (χ2n) is 6.30. The maximum absolute atomic E-state index is 12.4. The second kappa shape index (κ2) is 8.79. The molecule has 0 bridgehead atoms. The van der Waals surface area contributed by atoms with E-state index in [-0.39, 0.29) is 12.2 Å². The first-order valence-corrected chi connectivity index (χ1v) is 8.58. The van der Waals surface area contributed by atoms with E-state index in [2.05, 4.69) is 19.2 Å². The van der Waals surface area contributed by atoms with E-state index in [0.717, 1.165) is 11.1 Å². The third-order valence-corrected chi connectivity index (χ3v) is 4.30. The normalized spacial score (nSPS) is 12.2. The van der Waals surface area contributed by atoms with Crippen LogP contribution in [-0.4, -0.2) is 22.9 Å². The maximum Gasteiger partial charge on any atom is 0.321 e. The zero-order valence-electron chi connectivity index (χ0n) is 14.3. The summed E-state index contributed by atoms with van der Waals surface area (Å²) >= 11 is 5.83. The average Bonchev–Trinajstić information content (AvgIpc) is 2.59. The van der Waals surface area contributed by atoms with Crippen molar-refractivity contribution in [2.45, 2.75) is 38.8 Å². The van der Waals surface area contributed by atoms with Crippen LogP contribution in [-0.2, 0) is 11.3 Å². The fourth-order valence-electron chi connectivity index (χ4n) is 2.45. The van der Waals surface area contributed by atoms with Gasteiger partial charge < -0.3 is 5.11 Å². The van der Waals surface area contributed by atoms with Gasteiger partial charge in [0.15, 0.2) is 5.78 Å². The van der Waals surface area contributed by atoms with Crippen LogP contribution in [0.2, 0.25) is 5.02 Å². The topological polar surface area (TPSA) is 66.4 Å². The van der Waals surface area contributed by atoms with Crippen molar-refractivity contribution in [3.63, 3.8) is 0 Å². The van der Waals surface area contributed by atoms with Gasteiger partial charge in [-0.1, -0.05) is 61.8 Å². The molecule has 0 amide bonds. The zero-order chi connectivity index (χ0) is 18.4. The van der Waals surface area contributed by atoms with Crippen molar-refractivity contribution in [3.05, 3.63) is 70.2 Å². The molecule has 0 unspecified atom stereocenters. The first-order chi connectivity index (χ1) is 11.9.